The minimum absolute atomic E-state index is 0.136. The molecule has 0 fully saturated rings. The van der Waals surface area contributed by atoms with Gasteiger partial charge in [0.2, 0.25) is 0 Å². The minimum atomic E-state index is -1.83. The van der Waals surface area contributed by atoms with E-state index in [-0.39, 0.29) is 11.1 Å². The number of hydrogen-bond acceptors (Lipinski definition) is 3. The maximum Gasteiger partial charge on any atom is 0.192 e. The fourth-order valence-corrected chi connectivity index (χ4v) is 2.23. The molecule has 0 bridgehead atoms. The van der Waals surface area contributed by atoms with E-state index in [1.807, 2.05) is 0 Å². The van der Waals surface area contributed by atoms with Gasteiger partial charge in [-0.3, -0.25) is 0 Å². The van der Waals surface area contributed by atoms with E-state index in [1.54, 1.807) is 18.4 Å². The Labute approximate surface area is 109 Å². The Morgan fingerprint density at radius 3 is 2.61 bits per heavy atom. The molecule has 0 unspecified atom stereocenters. The molecular weight excluding hydrogens is 246 g/mol. The number of azide groups is 1. The molecule has 0 saturated heterocycles. The zero-order valence-electron chi connectivity index (χ0n) is 11.7. The predicted octanol–water partition coefficient (Wildman–Crippen LogP) is 4.65. The first-order valence-corrected chi connectivity index (χ1v) is 8.90. The van der Waals surface area contributed by atoms with Crippen molar-refractivity contribution in [3.8, 4) is 0 Å². The van der Waals surface area contributed by atoms with Crippen LogP contribution in [0.2, 0.25) is 18.1 Å². The van der Waals surface area contributed by atoms with Crippen LogP contribution in [-0.2, 0) is 4.43 Å². The van der Waals surface area contributed by atoms with Crippen LogP contribution in [0.25, 0.3) is 10.4 Å². The van der Waals surface area contributed by atoms with Crippen molar-refractivity contribution in [1.82, 2.24) is 0 Å². The Hall–Kier alpha value is -1.23. The molecule has 0 aliphatic rings. The number of nitrogens with zero attached hydrogens (tertiary/aromatic N) is 3. The van der Waals surface area contributed by atoms with Crippen molar-refractivity contribution in [2.24, 2.45) is 5.11 Å². The third-order valence-corrected chi connectivity index (χ3v) is 7.97. The fraction of sp³-hybridized carbons (Fsp3) is 0.667. The largest absolute Gasteiger partial charge is 0.469 e. The molecule has 0 spiro atoms. The quantitative estimate of drug-likeness (QED) is 0.337. The molecule has 0 saturated carbocycles. The van der Waals surface area contributed by atoms with Crippen molar-refractivity contribution in [3.05, 3.63) is 34.6 Å². The molecule has 0 aliphatic carbocycles. The van der Waals surface area contributed by atoms with Gasteiger partial charge in [0.15, 0.2) is 8.32 Å². The highest BCUT2D eigenvalue weighted by Gasteiger charge is 2.37. The van der Waals surface area contributed by atoms with Gasteiger partial charge in [0.05, 0.1) is 6.26 Å². The topological polar surface area (TPSA) is 71.1 Å². The average molecular weight is 267 g/mol. The summed E-state index contributed by atoms with van der Waals surface area (Å²) in [6.07, 6.45) is 1.57. The van der Waals surface area contributed by atoms with Crippen LogP contribution in [0.4, 0.5) is 0 Å². The van der Waals surface area contributed by atoms with Crippen LogP contribution >= 0.6 is 0 Å². The van der Waals surface area contributed by atoms with Gasteiger partial charge >= 0.3 is 0 Å². The van der Waals surface area contributed by atoms with Gasteiger partial charge < -0.3 is 8.84 Å². The second-order valence-electron chi connectivity index (χ2n) is 5.81. The van der Waals surface area contributed by atoms with E-state index >= 15 is 0 Å². The highest BCUT2D eigenvalue weighted by molar-refractivity contribution is 6.74. The zero-order valence-corrected chi connectivity index (χ0v) is 12.7. The molecule has 100 valence electrons. The van der Waals surface area contributed by atoms with E-state index in [0.29, 0.717) is 12.4 Å². The van der Waals surface area contributed by atoms with Crippen molar-refractivity contribution in [2.45, 2.75) is 44.9 Å². The van der Waals surface area contributed by atoms with Gasteiger partial charge in [-0.25, -0.2) is 0 Å². The predicted molar refractivity (Wildman–Crippen MR) is 73.7 cm³/mol. The molecule has 0 N–H and O–H groups in total. The first-order valence-electron chi connectivity index (χ1n) is 5.99. The third-order valence-electron chi connectivity index (χ3n) is 3.47. The van der Waals surface area contributed by atoms with Crippen LogP contribution in [0.1, 0.15) is 32.6 Å². The molecule has 0 amide bonds. The first kappa shape index (κ1) is 14.8. The summed E-state index contributed by atoms with van der Waals surface area (Å²) in [5.41, 5.74) is 8.60. The summed E-state index contributed by atoms with van der Waals surface area (Å²) < 4.78 is 11.3. The lowest BCUT2D eigenvalue weighted by atomic mass is 10.2. The highest BCUT2D eigenvalue weighted by atomic mass is 28.4. The van der Waals surface area contributed by atoms with Gasteiger partial charge in [-0.1, -0.05) is 25.9 Å². The summed E-state index contributed by atoms with van der Waals surface area (Å²) in [5.74, 6) is 0.645. The summed E-state index contributed by atoms with van der Waals surface area (Å²) in [6, 6.07) is 3.19. The van der Waals surface area contributed by atoms with Gasteiger partial charge in [0.1, 0.15) is 11.8 Å². The van der Waals surface area contributed by atoms with E-state index in [1.165, 1.54) is 0 Å². The Morgan fingerprint density at radius 2 is 2.17 bits per heavy atom. The summed E-state index contributed by atoms with van der Waals surface area (Å²) in [6.45, 7) is 11.2. The van der Waals surface area contributed by atoms with Gasteiger partial charge in [-0.2, -0.15) is 0 Å². The molecule has 1 rings (SSSR count). The minimum Gasteiger partial charge on any atom is -0.469 e. The Morgan fingerprint density at radius 1 is 1.50 bits per heavy atom. The summed E-state index contributed by atoms with van der Waals surface area (Å²) >= 11 is 0. The van der Waals surface area contributed by atoms with E-state index < -0.39 is 8.32 Å². The number of rotatable bonds is 5. The standard InChI is InChI=1S/C12H21N3O2Si/c1-12(2,3)18(4,5)17-9-10(14-15-13)11-7-6-8-16-11/h6-8,10H,9H2,1-5H3/t10-/m0/s1. The van der Waals surface area contributed by atoms with Crippen LogP contribution in [-0.4, -0.2) is 14.9 Å². The monoisotopic (exact) mass is 267 g/mol. The molecule has 18 heavy (non-hydrogen) atoms. The molecule has 0 radical (unpaired) electrons. The molecule has 0 aromatic carbocycles. The second-order valence-corrected chi connectivity index (χ2v) is 10.6. The van der Waals surface area contributed by atoms with Crippen molar-refractivity contribution in [1.29, 1.82) is 0 Å². The molecule has 1 aromatic heterocycles. The molecule has 1 aromatic rings. The van der Waals surface area contributed by atoms with Gasteiger partial charge in [-0.05, 0) is 35.8 Å². The summed E-state index contributed by atoms with van der Waals surface area (Å²) in [5, 5.41) is 3.87. The second kappa shape index (κ2) is 5.61. The lowest BCUT2D eigenvalue weighted by Crippen LogP contribution is -2.41. The molecule has 0 aliphatic heterocycles. The molecule has 1 atom stereocenters. The van der Waals surface area contributed by atoms with Crippen molar-refractivity contribution in [3.63, 3.8) is 0 Å². The van der Waals surface area contributed by atoms with Gasteiger partial charge in [0, 0.05) is 11.5 Å². The van der Waals surface area contributed by atoms with E-state index in [9.17, 15) is 0 Å². The number of hydrogen-bond donors (Lipinski definition) is 0. The molecule has 1 heterocycles. The van der Waals surface area contributed by atoms with Crippen LogP contribution in [0.3, 0.4) is 0 Å². The van der Waals surface area contributed by atoms with Crippen LogP contribution < -0.4 is 0 Å². The SMILES string of the molecule is CC(C)(C)[Si](C)(C)OC[C@H](N=[N+]=[N-])c1ccco1. The Balaban J connectivity index is 2.73. The summed E-state index contributed by atoms with van der Waals surface area (Å²) in [4.78, 5) is 2.86. The summed E-state index contributed by atoms with van der Waals surface area (Å²) in [7, 11) is -1.83. The Bertz CT molecular complexity index is 417. The maximum atomic E-state index is 8.60. The van der Waals surface area contributed by atoms with Gasteiger partial charge in [0.25, 0.3) is 0 Å². The maximum absolute atomic E-state index is 8.60. The van der Waals surface area contributed by atoms with Crippen molar-refractivity contribution in [2.75, 3.05) is 6.61 Å². The molecular formula is C12H21N3O2Si. The van der Waals surface area contributed by atoms with Crippen LogP contribution in [0.5, 0.6) is 0 Å². The van der Waals surface area contributed by atoms with E-state index in [0.717, 1.165) is 0 Å². The number of furan rings is 1. The van der Waals surface area contributed by atoms with Crippen molar-refractivity contribution >= 4 is 8.32 Å². The van der Waals surface area contributed by atoms with Crippen molar-refractivity contribution < 1.29 is 8.84 Å². The highest BCUT2D eigenvalue weighted by Crippen LogP contribution is 2.37. The zero-order chi connectivity index (χ0) is 13.8. The van der Waals surface area contributed by atoms with E-state index in [4.69, 9.17) is 14.4 Å². The first-order chi connectivity index (χ1) is 8.28. The lowest BCUT2D eigenvalue weighted by molar-refractivity contribution is 0.250. The van der Waals surface area contributed by atoms with Crippen LogP contribution in [0.15, 0.2) is 27.9 Å². The molecule has 6 heteroatoms. The fourth-order valence-electron chi connectivity index (χ4n) is 1.22. The Kier molecular flexibility index (Phi) is 4.62. The average Bonchev–Trinajstić information content (AvgIpc) is 2.75. The lowest BCUT2D eigenvalue weighted by Gasteiger charge is -2.36. The smallest absolute Gasteiger partial charge is 0.192 e. The van der Waals surface area contributed by atoms with E-state index in [2.05, 4.69) is 43.9 Å². The third kappa shape index (κ3) is 3.63. The normalized spacial score (nSPS) is 14.1. The molecule has 5 nitrogen and oxygen atoms in total. The van der Waals surface area contributed by atoms with Gasteiger partial charge in [-0.15, -0.1) is 0 Å². The van der Waals surface area contributed by atoms with Crippen LogP contribution in [0, 0.1) is 0 Å².